The molecule has 2 fully saturated rings. The summed E-state index contributed by atoms with van der Waals surface area (Å²) in [5.41, 5.74) is 4.71. The third kappa shape index (κ3) is 4.77. The van der Waals surface area contributed by atoms with Gasteiger partial charge in [0.05, 0.1) is 5.92 Å². The van der Waals surface area contributed by atoms with E-state index < -0.39 is 18.0 Å². The quantitative estimate of drug-likeness (QED) is 0.672. The van der Waals surface area contributed by atoms with Crippen molar-refractivity contribution in [3.63, 3.8) is 0 Å². The smallest absolute Gasteiger partial charge is 0.407 e. The number of rotatable bonds is 5. The molecule has 3 aliphatic rings. The lowest BCUT2D eigenvalue weighted by Crippen LogP contribution is -2.47. The molecule has 2 aromatic rings. The Hall–Kier alpha value is -3.35. The molecule has 4 atom stereocenters. The first-order chi connectivity index (χ1) is 16.9. The maximum atomic E-state index is 13.1. The Bertz CT molecular complexity index is 1090. The molecule has 2 aromatic carbocycles. The summed E-state index contributed by atoms with van der Waals surface area (Å²) in [6.07, 6.45) is 2.12. The van der Waals surface area contributed by atoms with E-state index >= 15 is 0 Å². The number of piperidine rings is 1. The number of hydrogen-bond donors (Lipinski definition) is 2. The fraction of sp³-hybridized carbons (Fsp3) is 0.464. The van der Waals surface area contributed by atoms with Crippen LogP contribution in [0, 0.1) is 17.8 Å². The number of likely N-dealkylation sites (tertiary alicyclic amines) is 1. The van der Waals surface area contributed by atoms with Crippen molar-refractivity contribution in [3.8, 4) is 11.1 Å². The Kier molecular flexibility index (Phi) is 6.50. The molecule has 0 aromatic heterocycles. The summed E-state index contributed by atoms with van der Waals surface area (Å²) in [6, 6.07) is 16.3. The minimum absolute atomic E-state index is 0.00864. The zero-order chi connectivity index (χ0) is 24.5. The van der Waals surface area contributed by atoms with Gasteiger partial charge in [0.15, 0.2) is 0 Å². The van der Waals surface area contributed by atoms with Gasteiger partial charge in [-0.3, -0.25) is 9.59 Å². The Labute approximate surface area is 205 Å². The van der Waals surface area contributed by atoms with Crippen molar-refractivity contribution in [1.82, 2.24) is 10.2 Å². The van der Waals surface area contributed by atoms with Crippen molar-refractivity contribution in [2.45, 2.75) is 44.6 Å². The second-order valence-electron chi connectivity index (χ2n) is 10.3. The van der Waals surface area contributed by atoms with Gasteiger partial charge in [-0.15, -0.1) is 0 Å². The Morgan fingerprint density at radius 1 is 0.943 bits per heavy atom. The van der Waals surface area contributed by atoms with E-state index in [0.29, 0.717) is 32.2 Å². The van der Waals surface area contributed by atoms with Crippen LogP contribution in [0.15, 0.2) is 48.5 Å². The van der Waals surface area contributed by atoms with Gasteiger partial charge in [-0.25, -0.2) is 4.79 Å². The molecule has 0 radical (unpaired) electrons. The highest BCUT2D eigenvalue weighted by Gasteiger charge is 2.38. The number of hydrogen-bond acceptors (Lipinski definition) is 4. The summed E-state index contributed by atoms with van der Waals surface area (Å²) in [5, 5.41) is 12.3. The molecule has 7 heteroatoms. The molecule has 7 nitrogen and oxygen atoms in total. The van der Waals surface area contributed by atoms with Gasteiger partial charge in [-0.05, 0) is 53.9 Å². The molecule has 1 aliphatic heterocycles. The fourth-order valence-electron chi connectivity index (χ4n) is 6.11. The number of fused-ring (bicyclic) bond motifs is 3. The molecular weight excluding hydrogens is 444 g/mol. The van der Waals surface area contributed by atoms with Crippen molar-refractivity contribution in [3.05, 3.63) is 59.7 Å². The molecule has 0 spiro atoms. The van der Waals surface area contributed by atoms with E-state index in [1.165, 1.54) is 22.3 Å². The Morgan fingerprint density at radius 2 is 1.60 bits per heavy atom. The molecule has 5 rings (SSSR count). The average Bonchev–Trinajstić information content (AvgIpc) is 3.44. The first-order valence-electron chi connectivity index (χ1n) is 12.5. The first kappa shape index (κ1) is 23.4. The highest BCUT2D eigenvalue weighted by atomic mass is 16.5. The fourth-order valence-corrected chi connectivity index (χ4v) is 6.11. The van der Waals surface area contributed by atoms with Crippen molar-refractivity contribution in [2.75, 3.05) is 19.7 Å². The van der Waals surface area contributed by atoms with E-state index in [4.69, 9.17) is 4.74 Å². The summed E-state index contributed by atoms with van der Waals surface area (Å²) >= 11 is 0. The zero-order valence-electron chi connectivity index (χ0n) is 20.0. The number of nitrogens with one attached hydrogen (secondary N) is 1. The molecule has 1 heterocycles. The molecular formula is C28H32N2O5. The number of carbonyl (C=O) groups is 3. The van der Waals surface area contributed by atoms with Crippen LogP contribution in [0.1, 0.15) is 49.7 Å². The zero-order valence-corrected chi connectivity index (χ0v) is 20.0. The van der Waals surface area contributed by atoms with E-state index in [1.807, 2.05) is 31.2 Å². The Morgan fingerprint density at radius 3 is 2.26 bits per heavy atom. The predicted octanol–water partition coefficient (Wildman–Crippen LogP) is 4.26. The number of carboxylic acid groups (broad SMARTS) is 1. The van der Waals surface area contributed by atoms with Crippen molar-refractivity contribution in [1.29, 1.82) is 0 Å². The minimum atomic E-state index is -0.837. The number of ether oxygens (including phenoxy) is 1. The third-order valence-corrected chi connectivity index (χ3v) is 7.77. The number of benzene rings is 2. The van der Waals surface area contributed by atoms with Crippen LogP contribution in [0.3, 0.4) is 0 Å². The van der Waals surface area contributed by atoms with Crippen LogP contribution < -0.4 is 5.32 Å². The lowest BCUT2D eigenvalue weighted by molar-refractivity contribution is -0.148. The van der Waals surface area contributed by atoms with Gasteiger partial charge in [0.1, 0.15) is 6.61 Å². The van der Waals surface area contributed by atoms with Crippen molar-refractivity contribution in [2.24, 2.45) is 17.8 Å². The lowest BCUT2D eigenvalue weighted by atomic mass is 9.89. The number of carboxylic acids is 1. The highest BCUT2D eigenvalue weighted by Crippen LogP contribution is 2.44. The largest absolute Gasteiger partial charge is 0.481 e. The molecule has 2 aliphatic carbocycles. The van der Waals surface area contributed by atoms with Crippen LogP contribution in [0.25, 0.3) is 11.1 Å². The van der Waals surface area contributed by atoms with E-state index in [0.717, 1.165) is 0 Å². The molecule has 0 bridgehead atoms. The van der Waals surface area contributed by atoms with Crippen LogP contribution >= 0.6 is 0 Å². The molecule has 4 unspecified atom stereocenters. The van der Waals surface area contributed by atoms with Gasteiger partial charge in [0, 0.05) is 31.0 Å². The minimum Gasteiger partial charge on any atom is -0.481 e. The van der Waals surface area contributed by atoms with E-state index in [-0.39, 0.29) is 42.9 Å². The van der Waals surface area contributed by atoms with Crippen molar-refractivity contribution >= 4 is 18.0 Å². The molecule has 1 saturated heterocycles. The molecule has 184 valence electrons. The van der Waals surface area contributed by atoms with Gasteiger partial charge in [0.2, 0.25) is 5.91 Å². The van der Waals surface area contributed by atoms with Crippen LogP contribution in [0.2, 0.25) is 0 Å². The standard InChI is InChI=1S/C28H32N2O5/c1-17-12-19(27(32)33)15-30(14-17)26(31)18-10-11-20(13-18)29-28(34)35-16-25-23-8-4-2-6-21(23)22-7-3-5-9-24(22)25/h2-9,17-20,25H,10-16H2,1H3,(H,29,34)(H,32,33). The summed E-state index contributed by atoms with van der Waals surface area (Å²) in [7, 11) is 0. The van der Waals surface area contributed by atoms with E-state index in [2.05, 4.69) is 29.6 Å². The van der Waals surface area contributed by atoms with Gasteiger partial charge in [-0.1, -0.05) is 55.5 Å². The van der Waals surface area contributed by atoms with Crippen LogP contribution in [0.5, 0.6) is 0 Å². The normalized spacial score (nSPS) is 25.6. The molecule has 1 saturated carbocycles. The van der Waals surface area contributed by atoms with Crippen molar-refractivity contribution < 1.29 is 24.2 Å². The summed E-state index contributed by atoms with van der Waals surface area (Å²) < 4.78 is 5.66. The average molecular weight is 477 g/mol. The molecule has 35 heavy (non-hydrogen) atoms. The SMILES string of the molecule is CC1CC(C(=O)O)CN(C(=O)C2CCC(NC(=O)OCC3c4ccccc4-c4ccccc43)C2)C1. The van der Waals surface area contributed by atoms with E-state index in [9.17, 15) is 19.5 Å². The van der Waals surface area contributed by atoms with Gasteiger partial charge in [-0.2, -0.15) is 0 Å². The lowest BCUT2D eigenvalue weighted by Gasteiger charge is -2.36. The monoisotopic (exact) mass is 476 g/mol. The first-order valence-corrected chi connectivity index (χ1v) is 12.5. The number of amides is 2. The number of alkyl carbamates (subject to hydrolysis) is 1. The number of nitrogens with zero attached hydrogens (tertiary/aromatic N) is 1. The van der Waals surface area contributed by atoms with Gasteiger partial charge >= 0.3 is 12.1 Å². The van der Waals surface area contributed by atoms with Gasteiger partial charge < -0.3 is 20.1 Å². The molecule has 2 amide bonds. The van der Waals surface area contributed by atoms with Crippen LogP contribution in [0.4, 0.5) is 4.79 Å². The number of carbonyl (C=O) groups excluding carboxylic acids is 2. The Balaban J connectivity index is 1.14. The van der Waals surface area contributed by atoms with Gasteiger partial charge in [0.25, 0.3) is 0 Å². The topological polar surface area (TPSA) is 95.9 Å². The summed E-state index contributed by atoms with van der Waals surface area (Å²) in [4.78, 5) is 38.9. The predicted molar refractivity (Wildman–Crippen MR) is 131 cm³/mol. The third-order valence-electron chi connectivity index (χ3n) is 7.77. The second-order valence-corrected chi connectivity index (χ2v) is 10.3. The summed E-state index contributed by atoms with van der Waals surface area (Å²) in [5.74, 6) is -1.33. The maximum absolute atomic E-state index is 13.1. The van der Waals surface area contributed by atoms with Crippen LogP contribution in [-0.4, -0.2) is 53.7 Å². The van der Waals surface area contributed by atoms with Crippen LogP contribution in [-0.2, 0) is 14.3 Å². The maximum Gasteiger partial charge on any atom is 0.407 e. The summed E-state index contributed by atoms with van der Waals surface area (Å²) in [6.45, 7) is 3.13. The molecule has 2 N–H and O–H groups in total. The highest BCUT2D eigenvalue weighted by molar-refractivity contribution is 5.81. The number of aliphatic carboxylic acids is 1. The second kappa shape index (κ2) is 9.72. The van der Waals surface area contributed by atoms with E-state index in [1.54, 1.807) is 4.90 Å².